The summed E-state index contributed by atoms with van der Waals surface area (Å²) in [4.78, 5) is 29.3. The predicted molar refractivity (Wildman–Crippen MR) is 113 cm³/mol. The summed E-state index contributed by atoms with van der Waals surface area (Å²) in [6.07, 6.45) is 0.601. The molecule has 0 spiro atoms. The number of nitrogens with zero attached hydrogens (tertiary/aromatic N) is 2. The number of anilines is 1. The summed E-state index contributed by atoms with van der Waals surface area (Å²) in [6.45, 7) is 0.425. The zero-order chi connectivity index (χ0) is 20.4. The summed E-state index contributed by atoms with van der Waals surface area (Å²) in [5, 5.41) is 6.94. The van der Waals surface area contributed by atoms with E-state index in [1.54, 1.807) is 7.11 Å². The van der Waals surface area contributed by atoms with Gasteiger partial charge >= 0.3 is 0 Å². The van der Waals surface area contributed by atoms with E-state index in [4.69, 9.17) is 17.0 Å². The van der Waals surface area contributed by atoms with Crippen molar-refractivity contribution in [1.82, 2.24) is 14.9 Å². The number of carbonyl (C=O) groups excluding carboxylic acids is 2. The third-order valence-electron chi connectivity index (χ3n) is 4.93. The Hall–Kier alpha value is -3.26. The van der Waals surface area contributed by atoms with Crippen LogP contribution in [0.2, 0.25) is 0 Å². The normalized spacial score (nSPS) is 15.1. The van der Waals surface area contributed by atoms with E-state index in [9.17, 15) is 9.59 Å². The fraction of sp³-hybridized carbons (Fsp3) is 0.238. The quantitative estimate of drug-likeness (QED) is 0.609. The second-order valence-electron chi connectivity index (χ2n) is 6.79. The third kappa shape index (κ3) is 3.84. The number of para-hydroxylation sites is 1. The first-order chi connectivity index (χ1) is 14.1. The Balaban J connectivity index is 1.38. The maximum Gasteiger partial charge on any atom is 0.257 e. The fourth-order valence-electron chi connectivity index (χ4n) is 3.37. The standard InChI is InChI=1S/C21H20N4O3S/c1-28-14-8-6-13(7-9-14)12-22-18(26)11-10-17-20(27)25-19(23-17)15-4-2-3-5-16(15)24-21(25)29/h2-9,17,23H,10-12H2,1H3,(H,22,26). The van der Waals surface area contributed by atoms with Crippen molar-refractivity contribution in [3.63, 3.8) is 0 Å². The molecule has 2 heterocycles. The molecule has 1 amide bonds. The summed E-state index contributed by atoms with van der Waals surface area (Å²) in [5.41, 5.74) is 1.72. The van der Waals surface area contributed by atoms with Crippen LogP contribution in [0.4, 0.5) is 5.82 Å². The van der Waals surface area contributed by atoms with Crippen LogP contribution in [0.1, 0.15) is 23.2 Å². The van der Waals surface area contributed by atoms with E-state index in [0.717, 1.165) is 22.2 Å². The van der Waals surface area contributed by atoms with Gasteiger partial charge in [-0.05, 0) is 48.5 Å². The van der Waals surface area contributed by atoms with E-state index in [1.807, 2.05) is 48.5 Å². The van der Waals surface area contributed by atoms with Crippen molar-refractivity contribution in [3.05, 3.63) is 58.9 Å². The van der Waals surface area contributed by atoms with Crippen LogP contribution < -0.4 is 15.4 Å². The molecule has 1 aliphatic rings. The van der Waals surface area contributed by atoms with Crippen LogP contribution in [0.15, 0.2) is 48.5 Å². The first kappa shape index (κ1) is 19.1. The summed E-state index contributed by atoms with van der Waals surface area (Å²) in [7, 11) is 1.61. The summed E-state index contributed by atoms with van der Waals surface area (Å²) in [6, 6.07) is 14.5. The van der Waals surface area contributed by atoms with Gasteiger partial charge in [0.1, 0.15) is 17.6 Å². The van der Waals surface area contributed by atoms with Gasteiger partial charge in [0.25, 0.3) is 5.91 Å². The highest BCUT2D eigenvalue weighted by atomic mass is 32.1. The van der Waals surface area contributed by atoms with E-state index in [0.29, 0.717) is 18.8 Å². The number of hydrogen-bond acceptors (Lipinski definition) is 6. The molecule has 7 nitrogen and oxygen atoms in total. The molecular weight excluding hydrogens is 388 g/mol. The van der Waals surface area contributed by atoms with Gasteiger partial charge in [-0.1, -0.05) is 24.3 Å². The molecule has 0 radical (unpaired) electrons. The lowest BCUT2D eigenvalue weighted by Gasteiger charge is -2.10. The number of ether oxygens (including phenoxy) is 1. The SMILES string of the molecule is COc1ccc(CNC(=O)CCC2Nc3c4ccccc4nc(=S)n3C2=O)cc1. The largest absolute Gasteiger partial charge is 0.497 e. The summed E-state index contributed by atoms with van der Waals surface area (Å²) >= 11 is 5.29. The average molecular weight is 408 g/mol. The second kappa shape index (κ2) is 8.00. The number of hydrogen-bond donors (Lipinski definition) is 2. The minimum atomic E-state index is -0.504. The van der Waals surface area contributed by atoms with E-state index in [1.165, 1.54) is 4.57 Å². The van der Waals surface area contributed by atoms with Gasteiger partial charge in [0.2, 0.25) is 10.7 Å². The van der Waals surface area contributed by atoms with E-state index in [-0.39, 0.29) is 23.0 Å². The molecule has 8 heteroatoms. The van der Waals surface area contributed by atoms with Crippen LogP contribution in [0.3, 0.4) is 0 Å². The molecule has 1 unspecified atom stereocenters. The van der Waals surface area contributed by atoms with Crippen LogP contribution in [-0.2, 0) is 11.3 Å². The zero-order valence-electron chi connectivity index (χ0n) is 15.8. The molecule has 29 heavy (non-hydrogen) atoms. The molecule has 0 saturated heterocycles. The molecule has 4 rings (SSSR count). The van der Waals surface area contributed by atoms with Crippen molar-refractivity contribution >= 4 is 40.8 Å². The Morgan fingerprint density at radius 3 is 2.76 bits per heavy atom. The van der Waals surface area contributed by atoms with E-state index < -0.39 is 6.04 Å². The number of aromatic nitrogens is 2. The Morgan fingerprint density at radius 1 is 1.24 bits per heavy atom. The number of nitrogens with one attached hydrogen (secondary N) is 2. The number of carbonyl (C=O) groups is 2. The number of methoxy groups -OCH3 is 1. The maximum atomic E-state index is 12.8. The molecule has 0 fully saturated rings. The van der Waals surface area contributed by atoms with Gasteiger partial charge in [-0.3, -0.25) is 9.59 Å². The van der Waals surface area contributed by atoms with Crippen molar-refractivity contribution in [3.8, 4) is 5.75 Å². The molecule has 0 saturated carbocycles. The van der Waals surface area contributed by atoms with E-state index in [2.05, 4.69) is 15.6 Å². The van der Waals surface area contributed by atoms with Crippen molar-refractivity contribution in [2.45, 2.75) is 25.4 Å². The van der Waals surface area contributed by atoms with Crippen molar-refractivity contribution in [2.24, 2.45) is 0 Å². The fourth-order valence-corrected chi connectivity index (χ4v) is 3.65. The van der Waals surface area contributed by atoms with Crippen LogP contribution in [0.25, 0.3) is 10.9 Å². The minimum Gasteiger partial charge on any atom is -0.497 e. The Labute approximate surface area is 172 Å². The van der Waals surface area contributed by atoms with Gasteiger partial charge in [-0.25, -0.2) is 9.55 Å². The molecule has 3 aromatic rings. The first-order valence-electron chi connectivity index (χ1n) is 9.29. The zero-order valence-corrected chi connectivity index (χ0v) is 16.7. The highest BCUT2D eigenvalue weighted by Crippen LogP contribution is 2.29. The van der Waals surface area contributed by atoms with Crippen LogP contribution in [-0.4, -0.2) is 34.5 Å². The van der Waals surface area contributed by atoms with Gasteiger partial charge in [0.15, 0.2) is 0 Å². The lowest BCUT2D eigenvalue weighted by atomic mass is 10.1. The van der Waals surface area contributed by atoms with Crippen LogP contribution >= 0.6 is 12.2 Å². The topological polar surface area (TPSA) is 85.2 Å². The van der Waals surface area contributed by atoms with Crippen molar-refractivity contribution in [2.75, 3.05) is 12.4 Å². The molecule has 1 atom stereocenters. The highest BCUT2D eigenvalue weighted by molar-refractivity contribution is 7.71. The lowest BCUT2D eigenvalue weighted by Crippen LogP contribution is -2.29. The molecule has 2 aromatic carbocycles. The monoisotopic (exact) mass is 408 g/mol. The van der Waals surface area contributed by atoms with Gasteiger partial charge in [-0.2, -0.15) is 0 Å². The average Bonchev–Trinajstić information content (AvgIpc) is 3.08. The minimum absolute atomic E-state index is 0.113. The van der Waals surface area contributed by atoms with Gasteiger partial charge in [-0.15, -0.1) is 0 Å². The highest BCUT2D eigenvalue weighted by Gasteiger charge is 2.31. The predicted octanol–water partition coefficient (Wildman–Crippen LogP) is 3.31. The number of rotatable bonds is 6. The number of benzene rings is 2. The molecule has 2 N–H and O–H groups in total. The Kier molecular flexibility index (Phi) is 5.26. The van der Waals surface area contributed by atoms with Gasteiger partial charge < -0.3 is 15.4 Å². The first-order valence-corrected chi connectivity index (χ1v) is 9.70. The van der Waals surface area contributed by atoms with Gasteiger partial charge in [0.05, 0.1) is 12.6 Å². The molecule has 0 bridgehead atoms. The van der Waals surface area contributed by atoms with Crippen LogP contribution in [0, 0.1) is 4.77 Å². The Morgan fingerprint density at radius 2 is 2.00 bits per heavy atom. The second-order valence-corrected chi connectivity index (χ2v) is 7.16. The molecular formula is C21H20N4O3S. The van der Waals surface area contributed by atoms with Crippen LogP contribution in [0.5, 0.6) is 5.75 Å². The summed E-state index contributed by atoms with van der Waals surface area (Å²) < 4.78 is 6.77. The third-order valence-corrected chi connectivity index (χ3v) is 5.20. The molecule has 148 valence electrons. The lowest BCUT2D eigenvalue weighted by molar-refractivity contribution is -0.121. The van der Waals surface area contributed by atoms with Crippen molar-refractivity contribution in [1.29, 1.82) is 0 Å². The molecule has 0 aliphatic carbocycles. The number of amides is 1. The van der Waals surface area contributed by atoms with E-state index >= 15 is 0 Å². The van der Waals surface area contributed by atoms with Gasteiger partial charge in [0, 0.05) is 18.4 Å². The molecule has 1 aliphatic heterocycles. The smallest absolute Gasteiger partial charge is 0.257 e. The van der Waals surface area contributed by atoms with Crippen molar-refractivity contribution < 1.29 is 14.3 Å². The Bertz CT molecular complexity index is 1140. The molecule has 1 aromatic heterocycles. The number of fused-ring (bicyclic) bond motifs is 3. The maximum absolute atomic E-state index is 12.8. The summed E-state index contributed by atoms with van der Waals surface area (Å²) in [5.74, 6) is 1.13.